The Morgan fingerprint density at radius 3 is 1.15 bits per heavy atom. The minimum atomic E-state index is -4.55. The summed E-state index contributed by atoms with van der Waals surface area (Å²) in [6.07, 6.45) is 76.6. The van der Waals surface area contributed by atoms with Gasteiger partial charge in [-0.2, -0.15) is 0 Å². The van der Waals surface area contributed by atoms with Gasteiger partial charge in [0.05, 0.1) is 34.4 Å². The van der Waals surface area contributed by atoms with Crippen molar-refractivity contribution in [3.8, 4) is 0 Å². The number of quaternary nitrogens is 1. The standard InChI is InChI=1S/C62H106NO7P/c1-6-8-10-12-14-16-18-20-22-24-26-28-30-32-33-35-37-39-41-43-45-47-49-51-53-55-62(64)70-61(60-69-71(65,66)68-58-56-63(3,4)5)59-67-57-54-52-50-48-46-44-42-40-38-36-34-31-29-27-25-23-21-19-17-15-13-11-9-7-2/h8-11,14-17,20-23,26-29,32-34,36,61H,6-7,12-13,18-19,24-25,30-31,35,37-60H2,1-5H3/b10-8-,11-9-,16-14-,17-15-,22-20-,23-21-,28-26-,29-27-,33-32-,36-34-. The number of carbonyl (C=O) groups excluding carboxylic acids is 1. The zero-order chi connectivity index (χ0) is 51.9. The van der Waals surface area contributed by atoms with E-state index in [0.717, 1.165) is 116 Å². The smallest absolute Gasteiger partial charge is 0.306 e. The molecule has 0 saturated carbocycles. The van der Waals surface area contributed by atoms with Crippen LogP contribution in [0.2, 0.25) is 0 Å². The van der Waals surface area contributed by atoms with E-state index in [1.165, 1.54) is 70.6 Å². The van der Waals surface area contributed by atoms with Crippen LogP contribution in [0.5, 0.6) is 0 Å². The molecule has 0 heterocycles. The van der Waals surface area contributed by atoms with Gasteiger partial charge in [0.15, 0.2) is 0 Å². The lowest BCUT2D eigenvalue weighted by molar-refractivity contribution is -0.870. The Labute approximate surface area is 437 Å². The van der Waals surface area contributed by atoms with Gasteiger partial charge in [0.25, 0.3) is 7.82 Å². The molecule has 0 spiro atoms. The van der Waals surface area contributed by atoms with Gasteiger partial charge >= 0.3 is 5.97 Å². The van der Waals surface area contributed by atoms with E-state index < -0.39 is 13.9 Å². The minimum Gasteiger partial charge on any atom is -0.756 e. The van der Waals surface area contributed by atoms with Crippen LogP contribution in [0.1, 0.15) is 206 Å². The van der Waals surface area contributed by atoms with E-state index >= 15 is 0 Å². The molecule has 0 aromatic rings. The van der Waals surface area contributed by atoms with Crippen molar-refractivity contribution in [2.75, 3.05) is 54.1 Å². The summed E-state index contributed by atoms with van der Waals surface area (Å²) in [6.45, 7) is 5.14. The number of phosphoric ester groups is 1. The molecule has 71 heavy (non-hydrogen) atoms. The molecule has 0 aromatic heterocycles. The number of esters is 1. The molecule has 406 valence electrons. The first kappa shape index (κ1) is 67.9. The van der Waals surface area contributed by atoms with E-state index in [-0.39, 0.29) is 25.8 Å². The number of hydrogen-bond donors (Lipinski definition) is 0. The Hall–Kier alpha value is -3.10. The molecule has 0 amide bonds. The fraction of sp³-hybridized carbons (Fsp3) is 0.661. The molecule has 0 aliphatic carbocycles. The molecule has 0 saturated heterocycles. The first-order valence-corrected chi connectivity index (χ1v) is 29.7. The number of carbonyl (C=O) groups is 1. The zero-order valence-corrected chi connectivity index (χ0v) is 47.0. The fourth-order valence-electron chi connectivity index (χ4n) is 7.25. The van der Waals surface area contributed by atoms with Crippen LogP contribution in [0.15, 0.2) is 122 Å². The van der Waals surface area contributed by atoms with Gasteiger partial charge in [0.2, 0.25) is 0 Å². The lowest BCUT2D eigenvalue weighted by Crippen LogP contribution is -2.37. The second kappa shape index (κ2) is 53.2. The maximum absolute atomic E-state index is 12.8. The van der Waals surface area contributed by atoms with Crippen molar-refractivity contribution in [1.29, 1.82) is 0 Å². The monoisotopic (exact) mass is 1010 g/mol. The van der Waals surface area contributed by atoms with E-state index in [1.807, 2.05) is 21.1 Å². The third kappa shape index (κ3) is 57.7. The van der Waals surface area contributed by atoms with Gasteiger partial charge < -0.3 is 27.9 Å². The molecule has 0 aliphatic rings. The van der Waals surface area contributed by atoms with Gasteiger partial charge in [-0.05, 0) is 103 Å². The number of phosphoric acid groups is 1. The van der Waals surface area contributed by atoms with Crippen LogP contribution in [0.25, 0.3) is 0 Å². The molecule has 0 aliphatic heterocycles. The highest BCUT2D eigenvalue weighted by Gasteiger charge is 2.20. The molecule has 8 nitrogen and oxygen atoms in total. The van der Waals surface area contributed by atoms with Crippen LogP contribution in [0, 0.1) is 0 Å². The van der Waals surface area contributed by atoms with Crippen LogP contribution < -0.4 is 4.89 Å². The zero-order valence-electron chi connectivity index (χ0n) is 46.1. The van der Waals surface area contributed by atoms with Crippen molar-refractivity contribution in [1.82, 2.24) is 0 Å². The highest BCUT2D eigenvalue weighted by molar-refractivity contribution is 7.45. The van der Waals surface area contributed by atoms with Gasteiger partial charge in [-0.25, -0.2) is 0 Å². The molecule has 0 radical (unpaired) electrons. The van der Waals surface area contributed by atoms with Crippen molar-refractivity contribution in [3.63, 3.8) is 0 Å². The van der Waals surface area contributed by atoms with Crippen molar-refractivity contribution >= 4 is 13.8 Å². The summed E-state index contributed by atoms with van der Waals surface area (Å²) in [5, 5.41) is 0. The molecule has 0 fully saturated rings. The van der Waals surface area contributed by atoms with Gasteiger partial charge in [0.1, 0.15) is 19.3 Å². The average Bonchev–Trinajstić information content (AvgIpc) is 3.33. The third-order valence-corrected chi connectivity index (χ3v) is 12.5. The Morgan fingerprint density at radius 1 is 0.437 bits per heavy atom. The SMILES string of the molecule is CC/C=C\C/C=C\C/C=C\C/C=C\C/C=C\CCCCCCCCCCCC(=O)OC(COCCCCCCCCCC/C=C\C/C=C\C/C=C\C/C=C\C/C=C\CC)COP(=O)([O-])OCC[N+](C)(C)C. The number of rotatable bonds is 51. The predicted octanol–water partition coefficient (Wildman–Crippen LogP) is 17.4. The summed E-state index contributed by atoms with van der Waals surface area (Å²) in [4.78, 5) is 25.3. The first-order chi connectivity index (χ1) is 34.6. The average molecular weight is 1010 g/mol. The first-order valence-electron chi connectivity index (χ1n) is 28.3. The summed E-state index contributed by atoms with van der Waals surface area (Å²) >= 11 is 0. The van der Waals surface area contributed by atoms with Crippen LogP contribution in [0.3, 0.4) is 0 Å². The second-order valence-electron chi connectivity index (χ2n) is 19.5. The molecule has 9 heteroatoms. The highest BCUT2D eigenvalue weighted by Crippen LogP contribution is 2.38. The molecule has 2 atom stereocenters. The van der Waals surface area contributed by atoms with Gasteiger partial charge in [0, 0.05) is 13.0 Å². The number of unbranched alkanes of at least 4 members (excludes halogenated alkanes) is 17. The summed E-state index contributed by atoms with van der Waals surface area (Å²) in [5.41, 5.74) is 0. The van der Waals surface area contributed by atoms with Crippen molar-refractivity contribution in [2.24, 2.45) is 0 Å². The largest absolute Gasteiger partial charge is 0.756 e. The topological polar surface area (TPSA) is 94.1 Å². The fourth-order valence-corrected chi connectivity index (χ4v) is 7.98. The van der Waals surface area contributed by atoms with E-state index in [4.69, 9.17) is 18.5 Å². The Bertz CT molecular complexity index is 1550. The maximum Gasteiger partial charge on any atom is 0.306 e. The molecule has 0 N–H and O–H groups in total. The number of likely N-dealkylation sites (N-methyl/N-ethyl adjacent to an activating group) is 1. The second-order valence-corrected chi connectivity index (χ2v) is 20.9. The van der Waals surface area contributed by atoms with Gasteiger partial charge in [-0.15, -0.1) is 0 Å². The van der Waals surface area contributed by atoms with E-state index in [1.54, 1.807) is 0 Å². The van der Waals surface area contributed by atoms with E-state index in [0.29, 0.717) is 24.1 Å². The maximum atomic E-state index is 12.8. The predicted molar refractivity (Wildman–Crippen MR) is 304 cm³/mol. The van der Waals surface area contributed by atoms with Crippen LogP contribution >= 0.6 is 7.82 Å². The lowest BCUT2D eigenvalue weighted by atomic mass is 10.1. The molecule has 0 rings (SSSR count). The van der Waals surface area contributed by atoms with E-state index in [9.17, 15) is 14.3 Å². The normalized spacial score (nSPS) is 14.4. The number of hydrogen-bond acceptors (Lipinski definition) is 7. The van der Waals surface area contributed by atoms with Crippen LogP contribution in [-0.2, 0) is 27.9 Å². The van der Waals surface area contributed by atoms with Crippen molar-refractivity contribution < 1.29 is 37.3 Å². The Kier molecular flexibility index (Phi) is 50.9. The van der Waals surface area contributed by atoms with Gasteiger partial charge in [-0.3, -0.25) is 9.36 Å². The summed E-state index contributed by atoms with van der Waals surface area (Å²) in [5.74, 6) is -0.348. The van der Waals surface area contributed by atoms with Crippen LogP contribution in [-0.4, -0.2) is 70.7 Å². The number of allylic oxidation sites excluding steroid dienone is 20. The molecule has 2 unspecified atom stereocenters. The number of nitrogens with zero attached hydrogens (tertiary/aromatic N) is 1. The summed E-state index contributed by atoms with van der Waals surface area (Å²) in [7, 11) is 1.33. The molecule has 0 aromatic carbocycles. The quantitative estimate of drug-likeness (QED) is 0.0197. The summed E-state index contributed by atoms with van der Waals surface area (Å²) in [6, 6.07) is 0. The Morgan fingerprint density at radius 2 is 0.775 bits per heavy atom. The Balaban J connectivity index is 4.16. The summed E-state index contributed by atoms with van der Waals surface area (Å²) < 4.78 is 34.8. The number of ether oxygens (including phenoxy) is 2. The third-order valence-electron chi connectivity index (χ3n) is 11.5. The highest BCUT2D eigenvalue weighted by atomic mass is 31.2. The molecular formula is C62H106NO7P. The van der Waals surface area contributed by atoms with Crippen molar-refractivity contribution in [3.05, 3.63) is 122 Å². The van der Waals surface area contributed by atoms with Crippen LogP contribution in [0.4, 0.5) is 0 Å². The van der Waals surface area contributed by atoms with Crippen molar-refractivity contribution in [2.45, 2.75) is 213 Å². The minimum absolute atomic E-state index is 0.0160. The molecule has 0 bridgehead atoms. The lowest BCUT2D eigenvalue weighted by Gasteiger charge is -2.28. The van der Waals surface area contributed by atoms with Gasteiger partial charge in [-0.1, -0.05) is 219 Å². The molecular weight excluding hydrogens is 902 g/mol. The van der Waals surface area contributed by atoms with E-state index in [2.05, 4.69) is 135 Å².